The Hall–Kier alpha value is -1.03. The van der Waals surface area contributed by atoms with E-state index in [-0.39, 0.29) is 10.2 Å². The lowest BCUT2D eigenvalue weighted by atomic mass is 9.84. The largest absolute Gasteiger partial charge is 0.496 e. The van der Waals surface area contributed by atoms with Gasteiger partial charge >= 0.3 is 0 Å². The van der Waals surface area contributed by atoms with E-state index in [2.05, 4.69) is 35.1 Å². The van der Waals surface area contributed by atoms with Gasteiger partial charge in [0.1, 0.15) is 5.75 Å². The second-order valence-corrected chi connectivity index (χ2v) is 4.93. The Kier molecular flexibility index (Phi) is 4.35. The molecule has 1 aromatic carbocycles. The minimum Gasteiger partial charge on any atom is -0.496 e. The summed E-state index contributed by atoms with van der Waals surface area (Å²) in [7, 11) is 1.65. The quantitative estimate of drug-likeness (QED) is 0.682. The number of methoxy groups -OCH3 is 1. The lowest BCUT2D eigenvalue weighted by Crippen LogP contribution is -2.34. The van der Waals surface area contributed by atoms with Crippen LogP contribution in [-0.4, -0.2) is 18.5 Å². The van der Waals surface area contributed by atoms with Crippen molar-refractivity contribution >= 4 is 20.7 Å². The molecule has 3 nitrogen and oxygen atoms in total. The zero-order valence-electron chi connectivity index (χ0n) is 9.71. The number of halogens is 1. The van der Waals surface area contributed by atoms with Crippen molar-refractivity contribution in [2.45, 2.75) is 19.3 Å². The molecule has 1 N–H and O–H groups in total. The highest BCUT2D eigenvalue weighted by Gasteiger charge is 2.24. The van der Waals surface area contributed by atoms with Crippen LogP contribution in [0.25, 0.3) is 0 Å². The number of para-hydroxylation sites is 1. The van der Waals surface area contributed by atoms with Crippen LogP contribution < -0.4 is 10.1 Å². The first-order valence-electron chi connectivity index (χ1n) is 5.04. The van der Waals surface area contributed by atoms with E-state index < -0.39 is 0 Å². The van der Waals surface area contributed by atoms with Crippen LogP contribution in [0.4, 0.5) is 4.79 Å². The third kappa shape index (κ3) is 3.23. The third-order valence-corrected chi connectivity index (χ3v) is 2.79. The molecule has 0 saturated heterocycles. The average Bonchev–Trinajstić information content (AvgIpc) is 2.26. The molecule has 0 aliphatic heterocycles. The number of carbonyl (C=O) groups is 1. The van der Waals surface area contributed by atoms with Gasteiger partial charge < -0.3 is 10.1 Å². The molecular formula is C12H16BrNO2. The van der Waals surface area contributed by atoms with Crippen LogP contribution in [0.5, 0.6) is 5.75 Å². The van der Waals surface area contributed by atoms with Gasteiger partial charge in [-0.05, 0) is 6.07 Å². The maximum absolute atomic E-state index is 10.9. The topological polar surface area (TPSA) is 38.3 Å². The predicted molar refractivity (Wildman–Crippen MR) is 68.3 cm³/mol. The molecule has 0 aliphatic carbocycles. The van der Waals surface area contributed by atoms with Gasteiger partial charge in [0.15, 0.2) is 0 Å². The van der Waals surface area contributed by atoms with Crippen molar-refractivity contribution in [3.05, 3.63) is 29.8 Å². The summed E-state index contributed by atoms with van der Waals surface area (Å²) in [5.74, 6) is 0.844. The fraction of sp³-hybridized carbons (Fsp3) is 0.417. The zero-order chi connectivity index (χ0) is 12.2. The van der Waals surface area contributed by atoms with E-state index in [1.807, 2.05) is 24.3 Å². The Morgan fingerprint density at radius 2 is 2.06 bits per heavy atom. The number of nitrogens with one attached hydrogen (secondary N) is 1. The minimum atomic E-state index is -0.199. The standard InChI is InChI=1S/C12H16BrNO2/c1-12(2,8-14-11(13)15)9-6-4-5-7-10(9)16-3/h4-7H,8H2,1-3H3,(H,14,15). The molecule has 1 amide bonds. The first kappa shape index (κ1) is 13.0. The molecule has 0 saturated carbocycles. The first-order chi connectivity index (χ1) is 7.47. The van der Waals surface area contributed by atoms with Crippen molar-refractivity contribution in [1.82, 2.24) is 5.32 Å². The van der Waals surface area contributed by atoms with Gasteiger partial charge in [-0.2, -0.15) is 0 Å². The number of hydrogen-bond donors (Lipinski definition) is 1. The highest BCUT2D eigenvalue weighted by Crippen LogP contribution is 2.30. The van der Waals surface area contributed by atoms with E-state index in [0.717, 1.165) is 11.3 Å². The van der Waals surface area contributed by atoms with Crippen LogP contribution in [-0.2, 0) is 5.41 Å². The summed E-state index contributed by atoms with van der Waals surface area (Å²) in [4.78, 5) is 10.7. The summed E-state index contributed by atoms with van der Waals surface area (Å²) in [5, 5.41) is 2.76. The van der Waals surface area contributed by atoms with Gasteiger partial charge in [-0.1, -0.05) is 32.0 Å². The van der Waals surface area contributed by atoms with Gasteiger partial charge in [0.05, 0.1) is 7.11 Å². The SMILES string of the molecule is COc1ccccc1C(C)(C)CNC(=O)Br. The molecule has 88 valence electrons. The lowest BCUT2D eigenvalue weighted by Gasteiger charge is -2.26. The summed E-state index contributed by atoms with van der Waals surface area (Å²) >= 11 is 2.85. The van der Waals surface area contributed by atoms with Crippen LogP contribution >= 0.6 is 15.9 Å². The molecule has 0 aromatic heterocycles. The summed E-state index contributed by atoms with van der Waals surface area (Å²) < 4.78 is 5.31. The molecule has 0 spiro atoms. The Morgan fingerprint density at radius 3 is 2.62 bits per heavy atom. The van der Waals surface area contributed by atoms with Gasteiger partial charge in [-0.15, -0.1) is 0 Å². The summed E-state index contributed by atoms with van der Waals surface area (Å²) in [5.41, 5.74) is 0.912. The number of carbonyl (C=O) groups excluding carboxylic acids is 1. The fourth-order valence-electron chi connectivity index (χ4n) is 1.59. The van der Waals surface area contributed by atoms with E-state index in [1.165, 1.54) is 0 Å². The fourth-order valence-corrected chi connectivity index (χ4v) is 1.73. The molecule has 4 heteroatoms. The van der Waals surface area contributed by atoms with Crippen molar-refractivity contribution in [3.63, 3.8) is 0 Å². The predicted octanol–water partition coefficient (Wildman–Crippen LogP) is 3.08. The Morgan fingerprint density at radius 1 is 1.44 bits per heavy atom. The Labute approximate surface area is 104 Å². The van der Waals surface area contributed by atoms with Crippen LogP contribution in [0.3, 0.4) is 0 Å². The van der Waals surface area contributed by atoms with E-state index in [4.69, 9.17) is 4.74 Å². The van der Waals surface area contributed by atoms with E-state index >= 15 is 0 Å². The van der Waals surface area contributed by atoms with Gasteiger partial charge in [0.25, 0.3) is 4.82 Å². The summed E-state index contributed by atoms with van der Waals surface area (Å²) in [6.45, 7) is 4.68. The monoisotopic (exact) mass is 285 g/mol. The smallest absolute Gasteiger partial charge is 0.287 e. The minimum absolute atomic E-state index is 0.171. The van der Waals surface area contributed by atoms with E-state index in [0.29, 0.717) is 6.54 Å². The van der Waals surface area contributed by atoms with Crippen LogP contribution in [0.15, 0.2) is 24.3 Å². The number of ether oxygens (including phenoxy) is 1. The van der Waals surface area contributed by atoms with E-state index in [9.17, 15) is 4.79 Å². The second-order valence-electron chi connectivity index (χ2n) is 4.21. The highest BCUT2D eigenvalue weighted by molar-refractivity contribution is 9.18. The lowest BCUT2D eigenvalue weighted by molar-refractivity contribution is 0.259. The second kappa shape index (κ2) is 5.34. The molecule has 0 heterocycles. The molecule has 0 fully saturated rings. The molecule has 0 radical (unpaired) electrons. The van der Waals surface area contributed by atoms with Gasteiger partial charge in [0, 0.05) is 33.5 Å². The van der Waals surface area contributed by atoms with Gasteiger partial charge in [-0.3, -0.25) is 4.79 Å². The molecule has 0 unspecified atom stereocenters. The molecular weight excluding hydrogens is 270 g/mol. The number of benzene rings is 1. The van der Waals surface area contributed by atoms with E-state index in [1.54, 1.807) is 7.11 Å². The average molecular weight is 286 g/mol. The van der Waals surface area contributed by atoms with Crippen molar-refractivity contribution in [2.75, 3.05) is 13.7 Å². The normalized spacial score (nSPS) is 11.0. The number of hydrogen-bond acceptors (Lipinski definition) is 2. The first-order valence-corrected chi connectivity index (χ1v) is 5.83. The van der Waals surface area contributed by atoms with Crippen molar-refractivity contribution < 1.29 is 9.53 Å². The Bertz CT molecular complexity index is 377. The van der Waals surface area contributed by atoms with Crippen molar-refractivity contribution in [1.29, 1.82) is 0 Å². The van der Waals surface area contributed by atoms with Crippen LogP contribution in [0.2, 0.25) is 0 Å². The van der Waals surface area contributed by atoms with Crippen molar-refractivity contribution in [3.8, 4) is 5.75 Å². The summed E-state index contributed by atoms with van der Waals surface area (Å²) in [6, 6.07) is 7.84. The van der Waals surface area contributed by atoms with Crippen molar-refractivity contribution in [2.24, 2.45) is 0 Å². The van der Waals surface area contributed by atoms with Gasteiger partial charge in [0.2, 0.25) is 0 Å². The Balaban J connectivity index is 2.92. The third-order valence-electron chi connectivity index (χ3n) is 2.51. The maximum Gasteiger partial charge on any atom is 0.287 e. The molecule has 1 rings (SSSR count). The summed E-state index contributed by atoms with van der Waals surface area (Å²) in [6.07, 6.45) is 0. The molecule has 0 atom stereocenters. The molecule has 16 heavy (non-hydrogen) atoms. The molecule has 1 aromatic rings. The maximum atomic E-state index is 10.9. The van der Waals surface area contributed by atoms with Crippen LogP contribution in [0.1, 0.15) is 19.4 Å². The number of amides is 1. The van der Waals surface area contributed by atoms with Crippen LogP contribution in [0, 0.1) is 0 Å². The van der Waals surface area contributed by atoms with Gasteiger partial charge in [-0.25, -0.2) is 0 Å². The zero-order valence-corrected chi connectivity index (χ0v) is 11.3. The number of rotatable bonds is 4. The highest BCUT2D eigenvalue weighted by atomic mass is 79.9. The molecule has 0 bridgehead atoms. The molecule has 0 aliphatic rings.